The third-order valence-electron chi connectivity index (χ3n) is 3.66. The SMILES string of the molecule is Cc1cc(NCC2(O)CCCCC2)ncc1[N+](=O)[O-]. The van der Waals surface area contributed by atoms with Gasteiger partial charge in [-0.15, -0.1) is 0 Å². The number of nitro groups is 1. The summed E-state index contributed by atoms with van der Waals surface area (Å²) >= 11 is 0. The molecule has 0 aromatic carbocycles. The molecule has 19 heavy (non-hydrogen) atoms. The van der Waals surface area contributed by atoms with Crippen LogP contribution in [-0.2, 0) is 0 Å². The van der Waals surface area contributed by atoms with Crippen LogP contribution in [0.5, 0.6) is 0 Å². The van der Waals surface area contributed by atoms with Gasteiger partial charge in [-0.2, -0.15) is 0 Å². The van der Waals surface area contributed by atoms with E-state index < -0.39 is 10.5 Å². The second kappa shape index (κ2) is 5.52. The van der Waals surface area contributed by atoms with Crippen molar-refractivity contribution in [2.45, 2.75) is 44.6 Å². The van der Waals surface area contributed by atoms with Gasteiger partial charge < -0.3 is 10.4 Å². The van der Waals surface area contributed by atoms with E-state index in [0.29, 0.717) is 17.9 Å². The second-order valence-corrected chi connectivity index (χ2v) is 5.25. The Hall–Kier alpha value is -1.69. The molecule has 6 nitrogen and oxygen atoms in total. The molecule has 1 aliphatic carbocycles. The monoisotopic (exact) mass is 265 g/mol. The number of nitrogens with zero attached hydrogens (tertiary/aromatic N) is 2. The van der Waals surface area contributed by atoms with Gasteiger partial charge in [-0.25, -0.2) is 4.98 Å². The topological polar surface area (TPSA) is 88.3 Å². The van der Waals surface area contributed by atoms with E-state index >= 15 is 0 Å². The van der Waals surface area contributed by atoms with Gasteiger partial charge in [0.1, 0.15) is 12.0 Å². The largest absolute Gasteiger partial charge is 0.388 e. The summed E-state index contributed by atoms with van der Waals surface area (Å²) in [5, 5.41) is 24.1. The number of nitrogens with one attached hydrogen (secondary N) is 1. The maximum atomic E-state index is 10.7. The van der Waals surface area contributed by atoms with Crippen LogP contribution >= 0.6 is 0 Å². The van der Waals surface area contributed by atoms with Crippen LogP contribution in [0, 0.1) is 17.0 Å². The van der Waals surface area contributed by atoms with Crippen molar-refractivity contribution in [3.05, 3.63) is 27.9 Å². The third kappa shape index (κ3) is 3.41. The first-order valence-electron chi connectivity index (χ1n) is 6.57. The van der Waals surface area contributed by atoms with Crippen LogP contribution < -0.4 is 5.32 Å². The predicted octanol–water partition coefficient (Wildman–Crippen LogP) is 2.41. The first kappa shape index (κ1) is 13.7. The molecule has 104 valence electrons. The van der Waals surface area contributed by atoms with Crippen LogP contribution in [0.15, 0.2) is 12.3 Å². The number of pyridine rings is 1. The van der Waals surface area contributed by atoms with E-state index in [1.165, 1.54) is 12.6 Å². The minimum Gasteiger partial charge on any atom is -0.388 e. The highest BCUT2D eigenvalue weighted by molar-refractivity contribution is 5.47. The fourth-order valence-electron chi connectivity index (χ4n) is 2.48. The van der Waals surface area contributed by atoms with E-state index in [9.17, 15) is 15.2 Å². The number of aliphatic hydroxyl groups is 1. The number of hydrogen-bond donors (Lipinski definition) is 2. The first-order chi connectivity index (χ1) is 9.00. The Morgan fingerprint density at radius 1 is 1.47 bits per heavy atom. The van der Waals surface area contributed by atoms with Crippen LogP contribution in [0.4, 0.5) is 11.5 Å². The van der Waals surface area contributed by atoms with Crippen molar-refractivity contribution in [2.24, 2.45) is 0 Å². The van der Waals surface area contributed by atoms with Gasteiger partial charge in [0.25, 0.3) is 5.69 Å². The molecule has 0 atom stereocenters. The molecule has 2 N–H and O–H groups in total. The molecule has 0 amide bonds. The zero-order valence-corrected chi connectivity index (χ0v) is 11.1. The van der Waals surface area contributed by atoms with Crippen LogP contribution in [0.3, 0.4) is 0 Å². The summed E-state index contributed by atoms with van der Waals surface area (Å²) < 4.78 is 0. The van der Waals surface area contributed by atoms with E-state index in [1.54, 1.807) is 13.0 Å². The van der Waals surface area contributed by atoms with Gasteiger partial charge in [-0.05, 0) is 25.8 Å². The van der Waals surface area contributed by atoms with Crippen molar-refractivity contribution in [3.8, 4) is 0 Å². The smallest absolute Gasteiger partial charge is 0.290 e. The lowest BCUT2D eigenvalue weighted by molar-refractivity contribution is -0.385. The van der Waals surface area contributed by atoms with E-state index in [0.717, 1.165) is 25.7 Å². The Labute approximate surface area is 112 Å². The van der Waals surface area contributed by atoms with Crippen LogP contribution in [0.1, 0.15) is 37.7 Å². The van der Waals surface area contributed by atoms with Crippen LogP contribution in [0.25, 0.3) is 0 Å². The highest BCUT2D eigenvalue weighted by Crippen LogP contribution is 2.28. The molecule has 0 saturated heterocycles. The normalized spacial score (nSPS) is 18.0. The number of hydrogen-bond acceptors (Lipinski definition) is 5. The van der Waals surface area contributed by atoms with Crippen molar-refractivity contribution in [1.82, 2.24) is 4.98 Å². The zero-order valence-electron chi connectivity index (χ0n) is 11.1. The summed E-state index contributed by atoms with van der Waals surface area (Å²) in [6, 6.07) is 1.64. The molecule has 0 spiro atoms. The quantitative estimate of drug-likeness (QED) is 0.644. The zero-order chi connectivity index (χ0) is 13.9. The van der Waals surface area contributed by atoms with Crippen LogP contribution in [-0.4, -0.2) is 27.2 Å². The molecule has 1 heterocycles. The van der Waals surface area contributed by atoms with E-state index in [-0.39, 0.29) is 5.69 Å². The van der Waals surface area contributed by atoms with Crippen molar-refractivity contribution in [3.63, 3.8) is 0 Å². The lowest BCUT2D eigenvalue weighted by atomic mass is 9.85. The number of rotatable bonds is 4. The van der Waals surface area contributed by atoms with Gasteiger partial charge in [-0.1, -0.05) is 19.3 Å². The maximum Gasteiger partial charge on any atom is 0.290 e. The summed E-state index contributed by atoms with van der Waals surface area (Å²) in [5.74, 6) is 0.571. The Balaban J connectivity index is 2.00. The lowest BCUT2D eigenvalue weighted by Crippen LogP contribution is -2.38. The van der Waals surface area contributed by atoms with Gasteiger partial charge in [0.15, 0.2) is 0 Å². The minimum absolute atomic E-state index is 0.0157. The highest BCUT2D eigenvalue weighted by atomic mass is 16.6. The predicted molar refractivity (Wildman–Crippen MR) is 72.2 cm³/mol. The third-order valence-corrected chi connectivity index (χ3v) is 3.66. The van der Waals surface area contributed by atoms with Gasteiger partial charge in [-0.3, -0.25) is 10.1 Å². The molecule has 1 aliphatic rings. The van der Waals surface area contributed by atoms with E-state index in [1.807, 2.05) is 0 Å². The van der Waals surface area contributed by atoms with Gasteiger partial charge in [0.2, 0.25) is 0 Å². The van der Waals surface area contributed by atoms with Crippen molar-refractivity contribution >= 4 is 11.5 Å². The van der Waals surface area contributed by atoms with Gasteiger partial charge >= 0.3 is 0 Å². The Kier molecular flexibility index (Phi) is 3.99. The molecule has 0 bridgehead atoms. The van der Waals surface area contributed by atoms with Gasteiger partial charge in [0, 0.05) is 12.1 Å². The highest BCUT2D eigenvalue weighted by Gasteiger charge is 2.28. The molecule has 1 saturated carbocycles. The van der Waals surface area contributed by atoms with Crippen molar-refractivity contribution in [1.29, 1.82) is 0 Å². The Morgan fingerprint density at radius 3 is 2.74 bits per heavy atom. The minimum atomic E-state index is -0.671. The van der Waals surface area contributed by atoms with E-state index in [2.05, 4.69) is 10.3 Å². The summed E-state index contributed by atoms with van der Waals surface area (Å²) in [6.07, 6.45) is 6.12. The lowest BCUT2D eigenvalue weighted by Gasteiger charge is -2.32. The number of aromatic nitrogens is 1. The standard InChI is InChI=1S/C13H19N3O3/c1-10-7-12(14-8-11(10)16(18)19)15-9-13(17)5-3-2-4-6-13/h7-8,17H,2-6,9H2,1H3,(H,14,15). The number of anilines is 1. The maximum absolute atomic E-state index is 10.7. The number of aryl methyl sites for hydroxylation is 1. The summed E-state index contributed by atoms with van der Waals surface area (Å²) in [4.78, 5) is 14.3. The fraction of sp³-hybridized carbons (Fsp3) is 0.615. The average molecular weight is 265 g/mol. The molecule has 1 aromatic rings. The molecule has 2 rings (SSSR count). The van der Waals surface area contributed by atoms with E-state index in [4.69, 9.17) is 0 Å². The average Bonchev–Trinajstić information content (AvgIpc) is 2.37. The summed E-state index contributed by atoms with van der Waals surface area (Å²) in [7, 11) is 0. The molecule has 1 fully saturated rings. The molecular weight excluding hydrogens is 246 g/mol. The summed E-state index contributed by atoms with van der Waals surface area (Å²) in [6.45, 7) is 2.12. The molecule has 0 aliphatic heterocycles. The molecule has 0 radical (unpaired) electrons. The van der Waals surface area contributed by atoms with Crippen molar-refractivity contribution in [2.75, 3.05) is 11.9 Å². The Bertz CT molecular complexity index is 470. The molecule has 1 aromatic heterocycles. The van der Waals surface area contributed by atoms with Gasteiger partial charge in [0.05, 0.1) is 10.5 Å². The fourth-order valence-corrected chi connectivity index (χ4v) is 2.48. The first-order valence-corrected chi connectivity index (χ1v) is 6.57. The Morgan fingerprint density at radius 2 is 2.16 bits per heavy atom. The molecular formula is C13H19N3O3. The molecule has 6 heteroatoms. The second-order valence-electron chi connectivity index (χ2n) is 5.25. The van der Waals surface area contributed by atoms with Crippen molar-refractivity contribution < 1.29 is 10.0 Å². The summed E-state index contributed by atoms with van der Waals surface area (Å²) in [5.41, 5.74) is -0.0876. The van der Waals surface area contributed by atoms with Crippen LogP contribution in [0.2, 0.25) is 0 Å². The molecule has 0 unspecified atom stereocenters.